The van der Waals surface area contributed by atoms with Crippen LogP contribution in [0.3, 0.4) is 0 Å². The Labute approximate surface area is 115 Å². The van der Waals surface area contributed by atoms with Crippen LogP contribution >= 0.6 is 0 Å². The molecule has 1 aliphatic heterocycles. The van der Waals surface area contributed by atoms with E-state index in [2.05, 4.69) is 0 Å². The van der Waals surface area contributed by atoms with E-state index in [1.165, 1.54) is 0 Å². The number of rotatable bonds is 2. The number of hydrogen-bond acceptors (Lipinski definition) is 3. The third kappa shape index (κ3) is 4.34. The lowest BCUT2D eigenvalue weighted by atomic mass is 9.79. The molecule has 1 amide bonds. The van der Waals surface area contributed by atoms with Gasteiger partial charge in [0.1, 0.15) is 11.3 Å². The lowest BCUT2D eigenvalue weighted by molar-refractivity contribution is -0.000227. The zero-order valence-electron chi connectivity index (χ0n) is 12.7. The molecule has 2 unspecified atom stereocenters. The first-order valence-corrected chi connectivity index (χ1v) is 6.96. The minimum Gasteiger partial charge on any atom is -0.444 e. The minimum atomic E-state index is -1.37. The lowest BCUT2D eigenvalue weighted by Gasteiger charge is -2.40. The molecule has 2 atom stereocenters. The van der Waals surface area contributed by atoms with Crippen molar-refractivity contribution in [2.75, 3.05) is 13.1 Å². The number of carbonyl (C=O) groups excluding carboxylic acids is 1. The van der Waals surface area contributed by atoms with Crippen LogP contribution < -0.4 is 5.73 Å². The molecule has 1 fully saturated rings. The Bertz CT molecular complexity index is 316. The molecule has 1 heterocycles. The fourth-order valence-corrected chi connectivity index (χ4v) is 2.32. The summed E-state index contributed by atoms with van der Waals surface area (Å²) in [5.41, 5.74) is 3.83. The fraction of sp³-hybridized carbons (Fsp3) is 0.929. The first-order chi connectivity index (χ1) is 8.54. The first kappa shape index (κ1) is 16.2. The summed E-state index contributed by atoms with van der Waals surface area (Å²) in [7, 11) is 0. The van der Waals surface area contributed by atoms with Crippen LogP contribution in [0.2, 0.25) is 0 Å². The van der Waals surface area contributed by atoms with Crippen LogP contribution in [0.1, 0.15) is 47.5 Å². The molecule has 5 heteroatoms. The third-order valence-corrected chi connectivity index (χ3v) is 3.84. The second kappa shape index (κ2) is 5.65. The maximum Gasteiger partial charge on any atom is 0.410 e. The molecule has 0 aromatic carbocycles. The van der Waals surface area contributed by atoms with Crippen LogP contribution in [-0.2, 0) is 4.74 Å². The summed E-state index contributed by atoms with van der Waals surface area (Å²) in [6, 6.07) is -0.495. The molecule has 0 radical (unpaired) electrons. The monoisotopic (exact) mass is 274 g/mol. The average Bonchev–Trinajstić information content (AvgIpc) is 2.26. The molecular weight excluding hydrogens is 247 g/mol. The first-order valence-electron chi connectivity index (χ1n) is 6.96. The molecule has 0 aromatic heterocycles. The van der Waals surface area contributed by atoms with Gasteiger partial charge in [-0.3, -0.25) is 0 Å². The van der Waals surface area contributed by atoms with Gasteiger partial charge in [-0.25, -0.2) is 9.18 Å². The van der Waals surface area contributed by atoms with Crippen LogP contribution in [0.15, 0.2) is 0 Å². The average molecular weight is 274 g/mol. The number of amides is 1. The number of likely N-dealkylation sites (tertiary alicyclic amines) is 1. The van der Waals surface area contributed by atoms with Crippen molar-refractivity contribution in [1.82, 2.24) is 4.90 Å². The predicted molar refractivity (Wildman–Crippen MR) is 73.7 cm³/mol. The summed E-state index contributed by atoms with van der Waals surface area (Å²) in [6.45, 7) is 9.84. The van der Waals surface area contributed by atoms with Gasteiger partial charge in [0.15, 0.2) is 0 Å². The molecule has 1 aliphatic rings. The SMILES string of the molecule is CC(N)C(C)(F)C1CCN(C(=O)OC(C)(C)C)CC1. The van der Waals surface area contributed by atoms with Gasteiger partial charge in [-0.15, -0.1) is 0 Å². The summed E-state index contributed by atoms with van der Waals surface area (Å²) in [4.78, 5) is 13.5. The van der Waals surface area contributed by atoms with Gasteiger partial charge in [0.25, 0.3) is 0 Å². The Kier molecular flexibility index (Phi) is 4.82. The minimum absolute atomic E-state index is 0.0915. The van der Waals surface area contributed by atoms with Crippen molar-refractivity contribution in [2.45, 2.75) is 64.8 Å². The quantitative estimate of drug-likeness (QED) is 0.842. The second-order valence-corrected chi connectivity index (χ2v) is 6.68. The van der Waals surface area contributed by atoms with Gasteiger partial charge in [0.2, 0.25) is 0 Å². The number of nitrogens with zero attached hydrogens (tertiary/aromatic N) is 1. The highest BCUT2D eigenvalue weighted by Crippen LogP contribution is 2.33. The molecule has 0 spiro atoms. The molecule has 2 N–H and O–H groups in total. The smallest absolute Gasteiger partial charge is 0.410 e. The van der Waals surface area contributed by atoms with Crippen LogP contribution in [0, 0.1) is 5.92 Å². The topological polar surface area (TPSA) is 55.6 Å². The number of hydrogen-bond donors (Lipinski definition) is 1. The molecule has 112 valence electrons. The number of halogens is 1. The van der Waals surface area contributed by atoms with E-state index in [-0.39, 0.29) is 12.0 Å². The Morgan fingerprint density at radius 2 is 1.79 bits per heavy atom. The van der Waals surface area contributed by atoms with E-state index in [0.717, 1.165) is 0 Å². The normalized spacial score (nSPS) is 22.8. The van der Waals surface area contributed by atoms with E-state index in [0.29, 0.717) is 25.9 Å². The van der Waals surface area contributed by atoms with Crippen LogP contribution in [0.25, 0.3) is 0 Å². The van der Waals surface area contributed by atoms with Crippen molar-refractivity contribution in [3.8, 4) is 0 Å². The third-order valence-electron chi connectivity index (χ3n) is 3.84. The highest BCUT2D eigenvalue weighted by molar-refractivity contribution is 5.68. The molecule has 4 nitrogen and oxygen atoms in total. The van der Waals surface area contributed by atoms with Crippen molar-refractivity contribution in [2.24, 2.45) is 11.7 Å². The van der Waals surface area contributed by atoms with Gasteiger partial charge in [-0.2, -0.15) is 0 Å². The summed E-state index contributed by atoms with van der Waals surface area (Å²) in [5, 5.41) is 0. The molecule has 0 aliphatic carbocycles. The molecular formula is C14H27FN2O2. The molecule has 1 saturated heterocycles. The lowest BCUT2D eigenvalue weighted by Crippen LogP contribution is -2.51. The van der Waals surface area contributed by atoms with E-state index in [1.807, 2.05) is 20.8 Å². The summed E-state index contributed by atoms with van der Waals surface area (Å²) < 4.78 is 19.8. The van der Waals surface area contributed by atoms with Gasteiger partial charge in [0.05, 0.1) is 0 Å². The molecule has 19 heavy (non-hydrogen) atoms. The zero-order valence-corrected chi connectivity index (χ0v) is 12.7. The standard InChI is InChI=1S/C14H27FN2O2/c1-10(16)14(5,15)11-6-8-17(9-7-11)12(18)19-13(2,3)4/h10-11H,6-9,16H2,1-5H3. The van der Waals surface area contributed by atoms with Gasteiger partial charge in [-0.05, 0) is 53.4 Å². The van der Waals surface area contributed by atoms with Gasteiger partial charge < -0.3 is 15.4 Å². The van der Waals surface area contributed by atoms with Crippen molar-refractivity contribution in [3.05, 3.63) is 0 Å². The maximum absolute atomic E-state index is 14.4. The van der Waals surface area contributed by atoms with Crippen LogP contribution in [-0.4, -0.2) is 41.4 Å². The van der Waals surface area contributed by atoms with Crippen molar-refractivity contribution in [1.29, 1.82) is 0 Å². The number of carbonyl (C=O) groups is 1. The molecule has 0 saturated carbocycles. The summed E-state index contributed by atoms with van der Waals surface area (Å²) in [6.07, 6.45) is 0.953. The molecule has 0 bridgehead atoms. The van der Waals surface area contributed by atoms with E-state index in [9.17, 15) is 9.18 Å². The number of alkyl halides is 1. The highest BCUT2D eigenvalue weighted by atomic mass is 19.1. The van der Waals surface area contributed by atoms with Crippen molar-refractivity contribution < 1.29 is 13.9 Å². The molecule has 1 rings (SSSR count). The predicted octanol–water partition coefficient (Wildman–Crippen LogP) is 2.71. The zero-order chi connectivity index (χ0) is 14.8. The van der Waals surface area contributed by atoms with Crippen LogP contribution in [0.4, 0.5) is 9.18 Å². The second-order valence-electron chi connectivity index (χ2n) is 6.68. The van der Waals surface area contributed by atoms with E-state index in [4.69, 9.17) is 10.5 Å². The Morgan fingerprint density at radius 1 is 1.32 bits per heavy atom. The van der Waals surface area contributed by atoms with E-state index in [1.54, 1.807) is 18.7 Å². The molecule has 0 aromatic rings. The van der Waals surface area contributed by atoms with Gasteiger partial charge >= 0.3 is 6.09 Å². The summed E-state index contributed by atoms with van der Waals surface area (Å²) in [5.74, 6) is -0.0915. The largest absolute Gasteiger partial charge is 0.444 e. The van der Waals surface area contributed by atoms with Crippen molar-refractivity contribution in [3.63, 3.8) is 0 Å². The van der Waals surface area contributed by atoms with E-state index < -0.39 is 17.3 Å². The fourth-order valence-electron chi connectivity index (χ4n) is 2.32. The number of ether oxygens (including phenoxy) is 1. The number of nitrogens with two attached hydrogens (primary N) is 1. The van der Waals surface area contributed by atoms with Crippen LogP contribution in [0.5, 0.6) is 0 Å². The van der Waals surface area contributed by atoms with Crippen molar-refractivity contribution >= 4 is 6.09 Å². The Morgan fingerprint density at radius 3 is 2.16 bits per heavy atom. The van der Waals surface area contributed by atoms with E-state index >= 15 is 0 Å². The van der Waals surface area contributed by atoms with Gasteiger partial charge in [-0.1, -0.05) is 0 Å². The maximum atomic E-state index is 14.4. The summed E-state index contributed by atoms with van der Waals surface area (Å²) >= 11 is 0. The highest BCUT2D eigenvalue weighted by Gasteiger charge is 2.40. The Balaban J connectivity index is 2.52. The Hall–Kier alpha value is -0.840. The van der Waals surface area contributed by atoms with Gasteiger partial charge in [0, 0.05) is 19.1 Å². The number of piperidine rings is 1.